The molecule has 1 aromatic rings. The van der Waals surface area contributed by atoms with Crippen molar-refractivity contribution in [3.63, 3.8) is 0 Å². The van der Waals surface area contributed by atoms with E-state index in [4.69, 9.17) is 10.5 Å². The Labute approximate surface area is 112 Å². The van der Waals surface area contributed by atoms with Crippen LogP contribution in [0.3, 0.4) is 0 Å². The molecule has 108 valence electrons. The number of nitrogens with two attached hydrogens (primary N) is 1. The third-order valence-corrected chi connectivity index (χ3v) is 2.60. The van der Waals surface area contributed by atoms with Crippen LogP contribution in [0.15, 0.2) is 4.63 Å². The Balaban J connectivity index is 2.62. The van der Waals surface area contributed by atoms with Crippen LogP contribution in [0.25, 0.3) is 0 Å². The van der Waals surface area contributed by atoms with E-state index in [1.165, 1.54) is 0 Å². The summed E-state index contributed by atoms with van der Waals surface area (Å²) in [6.45, 7) is 2.43. The Bertz CT molecular complexity index is 393. The first-order valence-electron chi connectivity index (χ1n) is 6.07. The molecule has 1 aromatic heterocycles. The number of aromatic nitrogens is 2. The van der Waals surface area contributed by atoms with Crippen molar-refractivity contribution in [1.82, 2.24) is 20.1 Å². The van der Waals surface area contributed by atoms with Gasteiger partial charge in [0.25, 0.3) is 5.91 Å². The highest BCUT2D eigenvalue weighted by Gasteiger charge is 2.22. The van der Waals surface area contributed by atoms with E-state index in [1.54, 1.807) is 12.0 Å². The summed E-state index contributed by atoms with van der Waals surface area (Å²) in [5, 5.41) is 6.95. The maximum atomic E-state index is 12.2. The Morgan fingerprint density at radius 2 is 2.05 bits per heavy atom. The summed E-state index contributed by atoms with van der Waals surface area (Å²) < 4.78 is 9.45. The first-order valence-corrected chi connectivity index (χ1v) is 6.07. The molecule has 0 aliphatic heterocycles. The molecule has 0 aromatic carbocycles. The van der Waals surface area contributed by atoms with E-state index in [9.17, 15) is 4.79 Å². The minimum absolute atomic E-state index is 0.0139. The van der Waals surface area contributed by atoms with Crippen LogP contribution in [-0.4, -0.2) is 73.5 Å². The van der Waals surface area contributed by atoms with Crippen LogP contribution in [0.4, 0.5) is 5.82 Å². The van der Waals surface area contributed by atoms with Crippen molar-refractivity contribution in [2.24, 2.45) is 0 Å². The Morgan fingerprint density at radius 1 is 1.32 bits per heavy atom. The topological polar surface area (TPSA) is 97.7 Å². The van der Waals surface area contributed by atoms with Crippen LogP contribution in [0.2, 0.25) is 0 Å². The van der Waals surface area contributed by atoms with Crippen molar-refractivity contribution >= 4 is 11.7 Å². The van der Waals surface area contributed by atoms with Gasteiger partial charge in [-0.25, -0.2) is 4.63 Å². The summed E-state index contributed by atoms with van der Waals surface area (Å²) in [5.41, 5.74) is 5.59. The molecule has 0 saturated carbocycles. The second-order valence-electron chi connectivity index (χ2n) is 4.44. The maximum absolute atomic E-state index is 12.2. The third kappa shape index (κ3) is 4.84. The van der Waals surface area contributed by atoms with E-state index in [2.05, 4.69) is 19.8 Å². The van der Waals surface area contributed by atoms with E-state index >= 15 is 0 Å². The number of nitrogens with zero attached hydrogens (tertiary/aromatic N) is 4. The minimum atomic E-state index is -0.283. The smallest absolute Gasteiger partial charge is 0.280 e. The molecular weight excluding hydrogens is 250 g/mol. The van der Waals surface area contributed by atoms with Gasteiger partial charge in [0.2, 0.25) is 11.5 Å². The summed E-state index contributed by atoms with van der Waals surface area (Å²) in [5.74, 6) is -0.269. The standard InChI is InChI=1S/C11H21N5O3/c1-15(2)5-4-6-16(7-8-18-3)11(17)9-10(12)14-19-13-9/h4-8H2,1-3H3,(H2,12,14). The Morgan fingerprint density at radius 3 is 2.58 bits per heavy atom. The number of hydrogen-bond donors (Lipinski definition) is 1. The molecule has 1 rings (SSSR count). The first kappa shape index (κ1) is 15.4. The molecule has 0 unspecified atom stereocenters. The third-order valence-electron chi connectivity index (χ3n) is 2.60. The van der Waals surface area contributed by atoms with Gasteiger partial charge in [0, 0.05) is 20.2 Å². The number of carbonyl (C=O) groups excluding carboxylic acids is 1. The second-order valence-corrected chi connectivity index (χ2v) is 4.44. The van der Waals surface area contributed by atoms with E-state index < -0.39 is 0 Å². The van der Waals surface area contributed by atoms with Crippen LogP contribution in [0, 0.1) is 0 Å². The molecule has 1 heterocycles. The summed E-state index contributed by atoms with van der Waals surface area (Å²) in [4.78, 5) is 15.9. The lowest BCUT2D eigenvalue weighted by atomic mass is 10.3. The molecule has 0 saturated heterocycles. The predicted octanol–water partition coefficient (Wildman–Crippen LogP) is -0.308. The van der Waals surface area contributed by atoms with Gasteiger partial charge in [0.1, 0.15) is 0 Å². The van der Waals surface area contributed by atoms with Crippen molar-refractivity contribution in [2.75, 3.05) is 53.2 Å². The normalized spacial score (nSPS) is 10.9. The van der Waals surface area contributed by atoms with Gasteiger partial charge in [0.15, 0.2) is 0 Å². The molecule has 19 heavy (non-hydrogen) atoms. The van der Waals surface area contributed by atoms with Gasteiger partial charge in [-0.3, -0.25) is 4.79 Å². The largest absolute Gasteiger partial charge is 0.383 e. The number of amides is 1. The molecule has 0 aliphatic rings. The summed E-state index contributed by atoms with van der Waals surface area (Å²) in [6.07, 6.45) is 0.855. The van der Waals surface area contributed by atoms with Gasteiger partial charge in [-0.1, -0.05) is 0 Å². The number of methoxy groups -OCH3 is 1. The summed E-state index contributed by atoms with van der Waals surface area (Å²) in [6, 6.07) is 0. The molecule has 0 aliphatic carbocycles. The number of nitrogen functional groups attached to an aromatic ring is 1. The van der Waals surface area contributed by atoms with Crippen LogP contribution in [-0.2, 0) is 4.74 Å². The monoisotopic (exact) mass is 271 g/mol. The number of rotatable bonds is 8. The fourth-order valence-corrected chi connectivity index (χ4v) is 1.59. The van der Waals surface area contributed by atoms with Crippen molar-refractivity contribution in [3.8, 4) is 0 Å². The van der Waals surface area contributed by atoms with Gasteiger partial charge in [-0.05, 0) is 37.4 Å². The average molecular weight is 271 g/mol. The predicted molar refractivity (Wildman–Crippen MR) is 69.7 cm³/mol. The van der Waals surface area contributed by atoms with Gasteiger partial charge in [0.05, 0.1) is 6.61 Å². The lowest BCUT2D eigenvalue weighted by molar-refractivity contribution is 0.0679. The molecule has 8 nitrogen and oxygen atoms in total. The average Bonchev–Trinajstić information content (AvgIpc) is 2.78. The minimum Gasteiger partial charge on any atom is -0.383 e. The van der Waals surface area contributed by atoms with Crippen molar-refractivity contribution in [1.29, 1.82) is 0 Å². The zero-order valence-electron chi connectivity index (χ0n) is 11.6. The van der Waals surface area contributed by atoms with Gasteiger partial charge in [-0.2, -0.15) is 0 Å². The second kappa shape index (κ2) is 7.70. The fraction of sp³-hybridized carbons (Fsp3) is 0.727. The number of carbonyl (C=O) groups is 1. The molecule has 0 radical (unpaired) electrons. The summed E-state index contributed by atoms with van der Waals surface area (Å²) in [7, 11) is 5.57. The van der Waals surface area contributed by atoms with Gasteiger partial charge in [-0.15, -0.1) is 0 Å². The highest BCUT2D eigenvalue weighted by Crippen LogP contribution is 2.09. The lowest BCUT2D eigenvalue weighted by Gasteiger charge is -2.22. The molecule has 0 bridgehead atoms. The maximum Gasteiger partial charge on any atom is 0.280 e. The lowest BCUT2D eigenvalue weighted by Crippen LogP contribution is -2.36. The molecule has 2 N–H and O–H groups in total. The van der Waals surface area contributed by atoms with Gasteiger partial charge >= 0.3 is 0 Å². The van der Waals surface area contributed by atoms with Gasteiger partial charge < -0.3 is 20.3 Å². The van der Waals surface area contributed by atoms with Crippen LogP contribution < -0.4 is 5.73 Å². The number of hydrogen-bond acceptors (Lipinski definition) is 7. The number of ether oxygens (including phenoxy) is 1. The van der Waals surface area contributed by atoms with E-state index in [0.29, 0.717) is 19.7 Å². The van der Waals surface area contributed by atoms with Crippen LogP contribution in [0.5, 0.6) is 0 Å². The molecule has 0 fully saturated rings. The summed E-state index contributed by atoms with van der Waals surface area (Å²) >= 11 is 0. The molecule has 0 spiro atoms. The highest BCUT2D eigenvalue weighted by atomic mass is 16.6. The zero-order chi connectivity index (χ0) is 14.3. The molecule has 8 heteroatoms. The quantitative estimate of drug-likeness (QED) is 0.692. The van der Waals surface area contributed by atoms with Crippen LogP contribution in [0.1, 0.15) is 16.9 Å². The fourth-order valence-electron chi connectivity index (χ4n) is 1.59. The van der Waals surface area contributed by atoms with E-state index in [0.717, 1.165) is 13.0 Å². The molecule has 0 atom stereocenters. The van der Waals surface area contributed by atoms with Crippen molar-refractivity contribution in [2.45, 2.75) is 6.42 Å². The van der Waals surface area contributed by atoms with E-state index in [-0.39, 0.29) is 17.4 Å². The zero-order valence-corrected chi connectivity index (χ0v) is 11.6. The molecule has 1 amide bonds. The first-order chi connectivity index (χ1) is 9.06. The highest BCUT2D eigenvalue weighted by molar-refractivity contribution is 5.96. The Hall–Kier alpha value is -1.67. The van der Waals surface area contributed by atoms with E-state index in [1.807, 2.05) is 14.1 Å². The molecular formula is C11H21N5O3. The number of anilines is 1. The van der Waals surface area contributed by atoms with Crippen LogP contribution >= 0.6 is 0 Å². The van der Waals surface area contributed by atoms with Crippen molar-refractivity contribution in [3.05, 3.63) is 5.69 Å². The Kier molecular flexibility index (Phi) is 6.23. The SMILES string of the molecule is COCCN(CCCN(C)C)C(=O)c1nonc1N. The van der Waals surface area contributed by atoms with Crippen molar-refractivity contribution < 1.29 is 14.2 Å².